The molecule has 84 valence electrons. The van der Waals surface area contributed by atoms with E-state index in [4.69, 9.17) is 0 Å². The fourth-order valence-corrected chi connectivity index (χ4v) is 1.83. The van der Waals surface area contributed by atoms with E-state index in [-0.39, 0.29) is 5.82 Å². The van der Waals surface area contributed by atoms with E-state index in [1.165, 1.54) is 12.1 Å². The van der Waals surface area contributed by atoms with Crippen LogP contribution in [0.25, 0.3) is 10.9 Å². The van der Waals surface area contributed by atoms with Gasteiger partial charge in [0.25, 0.3) is 0 Å². The summed E-state index contributed by atoms with van der Waals surface area (Å²) >= 11 is 0. The van der Waals surface area contributed by atoms with E-state index in [1.54, 1.807) is 12.1 Å². The average molecular weight is 226 g/mol. The number of aromatic nitrogens is 1. The maximum atomic E-state index is 12.8. The largest absolute Gasteiger partial charge is 0.361 e. The zero-order valence-corrected chi connectivity index (χ0v) is 9.07. The third-order valence-electron chi connectivity index (χ3n) is 2.69. The molecular weight excluding hydrogens is 215 g/mol. The van der Waals surface area contributed by atoms with Crippen molar-refractivity contribution in [3.8, 4) is 0 Å². The Hall–Kier alpha value is -2.29. The molecule has 0 unspecified atom stereocenters. The van der Waals surface area contributed by atoms with Gasteiger partial charge >= 0.3 is 0 Å². The fourth-order valence-electron chi connectivity index (χ4n) is 1.83. The average Bonchev–Trinajstić information content (AvgIpc) is 2.79. The summed E-state index contributed by atoms with van der Waals surface area (Å²) in [7, 11) is 0. The molecule has 1 heterocycles. The Morgan fingerprint density at radius 2 is 1.65 bits per heavy atom. The lowest BCUT2D eigenvalue weighted by atomic mass is 10.2. The predicted octanol–water partition coefficient (Wildman–Crippen LogP) is 4.05. The van der Waals surface area contributed by atoms with Crippen molar-refractivity contribution >= 4 is 22.3 Å². The SMILES string of the molecule is Fc1ccc(Nc2ccc3[nH]ccc3c2)cc1. The van der Waals surface area contributed by atoms with E-state index in [2.05, 4.69) is 16.4 Å². The minimum absolute atomic E-state index is 0.225. The Kier molecular flexibility index (Phi) is 2.29. The highest BCUT2D eigenvalue weighted by Crippen LogP contribution is 2.21. The molecule has 0 saturated heterocycles. The molecule has 3 aromatic rings. The monoisotopic (exact) mass is 226 g/mol. The Morgan fingerprint density at radius 1 is 0.882 bits per heavy atom. The molecule has 0 aliphatic heterocycles. The van der Waals surface area contributed by atoms with Crippen LogP contribution >= 0.6 is 0 Å². The lowest BCUT2D eigenvalue weighted by Crippen LogP contribution is -1.89. The summed E-state index contributed by atoms with van der Waals surface area (Å²) in [5, 5.41) is 4.38. The van der Waals surface area contributed by atoms with Crippen molar-refractivity contribution in [3.05, 3.63) is 60.5 Å². The first-order valence-corrected chi connectivity index (χ1v) is 5.41. The summed E-state index contributed by atoms with van der Waals surface area (Å²) in [6.07, 6.45) is 1.91. The number of hydrogen-bond donors (Lipinski definition) is 2. The van der Waals surface area contributed by atoms with Crippen LogP contribution in [0.15, 0.2) is 54.7 Å². The molecule has 0 saturated carbocycles. The number of fused-ring (bicyclic) bond motifs is 1. The third kappa shape index (κ3) is 1.99. The molecule has 2 N–H and O–H groups in total. The van der Waals surface area contributed by atoms with Crippen molar-refractivity contribution in [1.82, 2.24) is 4.98 Å². The zero-order valence-electron chi connectivity index (χ0n) is 9.07. The van der Waals surface area contributed by atoms with Crippen molar-refractivity contribution < 1.29 is 4.39 Å². The van der Waals surface area contributed by atoms with Gasteiger partial charge in [0.15, 0.2) is 0 Å². The van der Waals surface area contributed by atoms with E-state index in [0.29, 0.717) is 0 Å². The molecule has 3 rings (SSSR count). The number of anilines is 2. The van der Waals surface area contributed by atoms with Gasteiger partial charge in [-0.15, -0.1) is 0 Å². The van der Waals surface area contributed by atoms with Gasteiger partial charge in [-0.3, -0.25) is 0 Å². The number of nitrogens with one attached hydrogen (secondary N) is 2. The number of hydrogen-bond acceptors (Lipinski definition) is 1. The van der Waals surface area contributed by atoms with E-state index in [9.17, 15) is 4.39 Å². The Morgan fingerprint density at radius 3 is 2.47 bits per heavy atom. The molecule has 0 radical (unpaired) electrons. The molecule has 1 aromatic heterocycles. The summed E-state index contributed by atoms with van der Waals surface area (Å²) < 4.78 is 12.8. The molecule has 0 spiro atoms. The molecule has 0 bridgehead atoms. The number of benzene rings is 2. The van der Waals surface area contributed by atoms with Crippen LogP contribution in [0.1, 0.15) is 0 Å². The first kappa shape index (κ1) is 9.90. The topological polar surface area (TPSA) is 27.8 Å². The minimum Gasteiger partial charge on any atom is -0.361 e. The highest BCUT2D eigenvalue weighted by atomic mass is 19.1. The van der Waals surface area contributed by atoms with Crippen LogP contribution in [0.4, 0.5) is 15.8 Å². The summed E-state index contributed by atoms with van der Waals surface area (Å²) in [6.45, 7) is 0. The third-order valence-corrected chi connectivity index (χ3v) is 2.69. The number of aromatic amines is 1. The van der Waals surface area contributed by atoms with Crippen LogP contribution in [0.5, 0.6) is 0 Å². The van der Waals surface area contributed by atoms with Crippen LogP contribution in [0, 0.1) is 5.82 Å². The molecule has 0 fully saturated rings. The molecule has 0 aliphatic rings. The number of halogens is 1. The molecule has 0 aliphatic carbocycles. The first-order valence-electron chi connectivity index (χ1n) is 5.41. The second kappa shape index (κ2) is 3.94. The first-order chi connectivity index (χ1) is 8.31. The van der Waals surface area contributed by atoms with Gasteiger partial charge in [0.05, 0.1) is 0 Å². The van der Waals surface area contributed by atoms with Gasteiger partial charge < -0.3 is 10.3 Å². The summed E-state index contributed by atoms with van der Waals surface area (Å²) in [6, 6.07) is 14.4. The highest BCUT2D eigenvalue weighted by Gasteiger charge is 1.98. The van der Waals surface area contributed by atoms with Gasteiger partial charge in [-0.2, -0.15) is 0 Å². The smallest absolute Gasteiger partial charge is 0.123 e. The van der Waals surface area contributed by atoms with Gasteiger partial charge in [-0.25, -0.2) is 4.39 Å². The second-order valence-corrected chi connectivity index (χ2v) is 3.91. The lowest BCUT2D eigenvalue weighted by molar-refractivity contribution is 0.628. The maximum Gasteiger partial charge on any atom is 0.123 e. The van der Waals surface area contributed by atoms with Crippen LogP contribution < -0.4 is 5.32 Å². The van der Waals surface area contributed by atoms with Crippen LogP contribution in [0.2, 0.25) is 0 Å². The normalized spacial score (nSPS) is 10.6. The van der Waals surface area contributed by atoms with E-state index in [0.717, 1.165) is 22.3 Å². The van der Waals surface area contributed by atoms with Crippen molar-refractivity contribution in [1.29, 1.82) is 0 Å². The van der Waals surface area contributed by atoms with Crippen molar-refractivity contribution in [2.75, 3.05) is 5.32 Å². The van der Waals surface area contributed by atoms with Gasteiger partial charge in [0.1, 0.15) is 5.82 Å². The Balaban J connectivity index is 1.91. The van der Waals surface area contributed by atoms with Gasteiger partial charge in [0, 0.05) is 28.5 Å². The van der Waals surface area contributed by atoms with Crippen LogP contribution in [-0.4, -0.2) is 4.98 Å². The molecule has 2 aromatic carbocycles. The maximum absolute atomic E-state index is 12.8. The fraction of sp³-hybridized carbons (Fsp3) is 0. The quantitative estimate of drug-likeness (QED) is 0.677. The van der Waals surface area contributed by atoms with Crippen molar-refractivity contribution in [2.45, 2.75) is 0 Å². The Bertz CT molecular complexity index is 641. The van der Waals surface area contributed by atoms with Crippen molar-refractivity contribution in [2.24, 2.45) is 0 Å². The zero-order chi connectivity index (χ0) is 11.7. The molecule has 2 nitrogen and oxygen atoms in total. The highest BCUT2D eigenvalue weighted by molar-refractivity contribution is 5.83. The van der Waals surface area contributed by atoms with Gasteiger partial charge in [-0.05, 0) is 48.5 Å². The van der Waals surface area contributed by atoms with Gasteiger partial charge in [-0.1, -0.05) is 0 Å². The van der Waals surface area contributed by atoms with Crippen molar-refractivity contribution in [3.63, 3.8) is 0 Å². The molecule has 0 atom stereocenters. The number of H-pyrrole nitrogens is 1. The van der Waals surface area contributed by atoms with Crippen LogP contribution in [-0.2, 0) is 0 Å². The van der Waals surface area contributed by atoms with E-state index < -0.39 is 0 Å². The summed E-state index contributed by atoms with van der Waals surface area (Å²) in [4.78, 5) is 3.14. The van der Waals surface area contributed by atoms with E-state index in [1.807, 2.05) is 24.4 Å². The molecular formula is C14H11FN2. The van der Waals surface area contributed by atoms with E-state index >= 15 is 0 Å². The lowest BCUT2D eigenvalue weighted by Gasteiger charge is -2.06. The van der Waals surface area contributed by atoms with Gasteiger partial charge in [0.2, 0.25) is 0 Å². The minimum atomic E-state index is -0.225. The molecule has 3 heteroatoms. The summed E-state index contributed by atoms with van der Waals surface area (Å²) in [5.41, 5.74) is 2.97. The number of rotatable bonds is 2. The molecule has 17 heavy (non-hydrogen) atoms. The molecule has 0 amide bonds. The van der Waals surface area contributed by atoms with Crippen LogP contribution in [0.3, 0.4) is 0 Å². The predicted molar refractivity (Wildman–Crippen MR) is 68.0 cm³/mol. The second-order valence-electron chi connectivity index (χ2n) is 3.91. The summed E-state index contributed by atoms with van der Waals surface area (Å²) in [5.74, 6) is -0.225. The standard InChI is InChI=1S/C14H11FN2/c15-11-1-3-12(4-2-11)17-13-5-6-14-10(9-13)7-8-16-14/h1-9,16-17H. The Labute approximate surface area is 98.1 Å².